The standard InChI is InChI=1S/C23H29N/c1-22(2,23(3,4)24(5)6)21-19-15-11-10-14-18(19)16-20(21)17-12-8-7-9-13-17/h7-15H,16H2,1-6H3. The molecule has 2 aromatic rings. The number of hydrogen-bond acceptors (Lipinski definition) is 1. The predicted molar refractivity (Wildman–Crippen MR) is 105 cm³/mol. The lowest BCUT2D eigenvalue weighted by Gasteiger charge is -2.48. The Labute approximate surface area is 147 Å². The molecule has 0 radical (unpaired) electrons. The monoisotopic (exact) mass is 319 g/mol. The molecule has 0 aliphatic heterocycles. The van der Waals surface area contributed by atoms with Gasteiger partial charge in [0, 0.05) is 11.0 Å². The highest BCUT2D eigenvalue weighted by atomic mass is 15.1. The molecule has 1 aliphatic carbocycles. The van der Waals surface area contributed by atoms with Crippen LogP contribution in [0.3, 0.4) is 0 Å². The zero-order valence-electron chi connectivity index (χ0n) is 15.9. The summed E-state index contributed by atoms with van der Waals surface area (Å²) in [6.45, 7) is 9.49. The minimum atomic E-state index is 0.0221. The number of hydrogen-bond donors (Lipinski definition) is 0. The van der Waals surface area contributed by atoms with Gasteiger partial charge in [-0.1, -0.05) is 68.4 Å². The van der Waals surface area contributed by atoms with Gasteiger partial charge in [0.2, 0.25) is 0 Å². The van der Waals surface area contributed by atoms with Crippen LogP contribution < -0.4 is 0 Å². The molecule has 0 unspecified atom stereocenters. The summed E-state index contributed by atoms with van der Waals surface area (Å²) in [7, 11) is 4.37. The van der Waals surface area contributed by atoms with E-state index >= 15 is 0 Å². The minimum Gasteiger partial charge on any atom is -0.303 e. The van der Waals surface area contributed by atoms with Crippen LogP contribution in [0, 0.1) is 5.41 Å². The molecule has 0 amide bonds. The Morgan fingerprint density at radius 1 is 0.792 bits per heavy atom. The second kappa shape index (κ2) is 5.89. The highest BCUT2D eigenvalue weighted by molar-refractivity contribution is 5.99. The topological polar surface area (TPSA) is 3.24 Å². The van der Waals surface area contributed by atoms with Crippen LogP contribution in [-0.2, 0) is 6.42 Å². The summed E-state index contributed by atoms with van der Waals surface area (Å²) in [6, 6.07) is 19.8. The number of benzene rings is 2. The van der Waals surface area contributed by atoms with E-state index in [-0.39, 0.29) is 11.0 Å². The highest BCUT2D eigenvalue weighted by Crippen LogP contribution is 2.53. The van der Waals surface area contributed by atoms with Gasteiger partial charge in [0.05, 0.1) is 0 Å². The van der Waals surface area contributed by atoms with Gasteiger partial charge in [-0.05, 0) is 62.2 Å². The normalized spacial score (nSPS) is 15.1. The molecule has 0 bridgehead atoms. The van der Waals surface area contributed by atoms with Crippen LogP contribution in [0.15, 0.2) is 54.6 Å². The molecule has 0 aromatic heterocycles. The third-order valence-corrected chi connectivity index (χ3v) is 6.35. The summed E-state index contributed by atoms with van der Waals surface area (Å²) in [5, 5.41) is 0. The molecule has 1 aliphatic rings. The molecule has 0 fully saturated rings. The van der Waals surface area contributed by atoms with E-state index in [4.69, 9.17) is 0 Å². The van der Waals surface area contributed by atoms with Gasteiger partial charge in [0.15, 0.2) is 0 Å². The molecule has 24 heavy (non-hydrogen) atoms. The molecule has 126 valence electrons. The van der Waals surface area contributed by atoms with Gasteiger partial charge in [0.1, 0.15) is 0 Å². The van der Waals surface area contributed by atoms with Gasteiger partial charge >= 0.3 is 0 Å². The molecule has 0 saturated carbocycles. The molecule has 0 saturated heterocycles. The summed E-state index contributed by atoms with van der Waals surface area (Å²) in [5.74, 6) is 0. The van der Waals surface area contributed by atoms with Crippen molar-refractivity contribution in [3.63, 3.8) is 0 Å². The largest absolute Gasteiger partial charge is 0.303 e. The average molecular weight is 319 g/mol. The Hall–Kier alpha value is -1.86. The molecular weight excluding hydrogens is 290 g/mol. The maximum absolute atomic E-state index is 2.40. The number of fused-ring (bicyclic) bond motifs is 1. The van der Waals surface area contributed by atoms with Gasteiger partial charge in [-0.15, -0.1) is 0 Å². The molecule has 1 heteroatoms. The van der Waals surface area contributed by atoms with Crippen molar-refractivity contribution in [3.05, 3.63) is 71.3 Å². The van der Waals surface area contributed by atoms with E-state index < -0.39 is 0 Å². The smallest absolute Gasteiger partial charge is 0.0238 e. The number of allylic oxidation sites excluding steroid dienone is 1. The third kappa shape index (κ3) is 2.52. The van der Waals surface area contributed by atoms with Crippen molar-refractivity contribution >= 4 is 11.1 Å². The quantitative estimate of drug-likeness (QED) is 0.717. The van der Waals surface area contributed by atoms with Gasteiger partial charge < -0.3 is 4.90 Å². The first-order chi connectivity index (χ1) is 11.3. The summed E-state index contributed by atoms with van der Waals surface area (Å²) < 4.78 is 0. The maximum Gasteiger partial charge on any atom is 0.0238 e. The Balaban J connectivity index is 2.25. The lowest BCUT2D eigenvalue weighted by Crippen LogP contribution is -2.51. The lowest BCUT2D eigenvalue weighted by molar-refractivity contribution is 0.0937. The predicted octanol–water partition coefficient (Wildman–Crippen LogP) is 5.52. The molecule has 0 spiro atoms. The second-order valence-corrected chi connectivity index (χ2v) is 8.13. The minimum absolute atomic E-state index is 0.0221. The zero-order valence-corrected chi connectivity index (χ0v) is 15.9. The van der Waals surface area contributed by atoms with Crippen molar-refractivity contribution in [3.8, 4) is 0 Å². The first-order valence-electron chi connectivity index (χ1n) is 8.81. The molecule has 3 rings (SSSR count). The SMILES string of the molecule is CN(C)C(C)(C)C(C)(C)C1=C(c2ccccc2)Cc2ccccc21. The van der Waals surface area contributed by atoms with Crippen LogP contribution in [0.25, 0.3) is 11.1 Å². The molecular formula is C23H29N. The molecule has 0 N–H and O–H groups in total. The summed E-state index contributed by atoms with van der Waals surface area (Å²) in [4.78, 5) is 2.35. The first kappa shape index (κ1) is 17.0. The van der Waals surface area contributed by atoms with E-state index in [0.29, 0.717) is 0 Å². The third-order valence-electron chi connectivity index (χ3n) is 6.35. The summed E-state index contributed by atoms with van der Waals surface area (Å²) >= 11 is 0. The van der Waals surface area contributed by atoms with Gasteiger partial charge in [-0.3, -0.25) is 0 Å². The van der Waals surface area contributed by atoms with Crippen molar-refractivity contribution in [2.24, 2.45) is 5.41 Å². The lowest BCUT2D eigenvalue weighted by atomic mass is 9.66. The van der Waals surface area contributed by atoms with Crippen LogP contribution in [0.4, 0.5) is 0 Å². The molecule has 0 atom stereocenters. The fourth-order valence-electron chi connectivity index (χ4n) is 3.82. The van der Waals surface area contributed by atoms with E-state index in [0.717, 1.165) is 6.42 Å². The van der Waals surface area contributed by atoms with Crippen molar-refractivity contribution in [2.45, 2.75) is 39.7 Å². The van der Waals surface area contributed by atoms with Gasteiger partial charge in [0.25, 0.3) is 0 Å². The Bertz CT molecular complexity index is 764. The highest BCUT2D eigenvalue weighted by Gasteiger charge is 2.45. The summed E-state index contributed by atoms with van der Waals surface area (Å²) in [6.07, 6.45) is 1.03. The van der Waals surface area contributed by atoms with E-state index in [9.17, 15) is 0 Å². The first-order valence-corrected chi connectivity index (χ1v) is 8.81. The van der Waals surface area contributed by atoms with Crippen molar-refractivity contribution in [2.75, 3.05) is 14.1 Å². The molecule has 2 aromatic carbocycles. The Kier molecular flexibility index (Phi) is 4.17. The maximum atomic E-state index is 2.40. The van der Waals surface area contributed by atoms with Crippen molar-refractivity contribution < 1.29 is 0 Å². The number of rotatable bonds is 4. The average Bonchev–Trinajstić information content (AvgIpc) is 2.95. The zero-order chi connectivity index (χ0) is 17.5. The van der Waals surface area contributed by atoms with Crippen LogP contribution in [0.1, 0.15) is 44.4 Å². The van der Waals surface area contributed by atoms with E-state index in [1.165, 1.54) is 27.8 Å². The summed E-state index contributed by atoms with van der Waals surface area (Å²) in [5.41, 5.74) is 7.28. The Morgan fingerprint density at radius 3 is 2.00 bits per heavy atom. The van der Waals surface area contributed by atoms with E-state index in [1.807, 2.05) is 0 Å². The molecule has 0 heterocycles. The van der Waals surface area contributed by atoms with Crippen LogP contribution in [0.5, 0.6) is 0 Å². The van der Waals surface area contributed by atoms with Gasteiger partial charge in [-0.2, -0.15) is 0 Å². The van der Waals surface area contributed by atoms with E-state index in [1.54, 1.807) is 0 Å². The fraction of sp³-hybridized carbons (Fsp3) is 0.391. The second-order valence-electron chi connectivity index (χ2n) is 8.13. The van der Waals surface area contributed by atoms with E-state index in [2.05, 4.69) is 101 Å². The van der Waals surface area contributed by atoms with Crippen LogP contribution in [0.2, 0.25) is 0 Å². The van der Waals surface area contributed by atoms with Crippen LogP contribution >= 0.6 is 0 Å². The fourth-order valence-corrected chi connectivity index (χ4v) is 3.82. The Morgan fingerprint density at radius 2 is 1.38 bits per heavy atom. The van der Waals surface area contributed by atoms with Gasteiger partial charge in [-0.25, -0.2) is 0 Å². The van der Waals surface area contributed by atoms with Crippen molar-refractivity contribution in [1.29, 1.82) is 0 Å². The van der Waals surface area contributed by atoms with Crippen molar-refractivity contribution in [1.82, 2.24) is 4.90 Å². The molecule has 1 nitrogen and oxygen atoms in total. The number of nitrogens with zero attached hydrogens (tertiary/aromatic N) is 1. The van der Waals surface area contributed by atoms with Crippen LogP contribution in [-0.4, -0.2) is 24.5 Å².